The summed E-state index contributed by atoms with van der Waals surface area (Å²) in [5.41, 5.74) is 6.67. The minimum atomic E-state index is -0.236. The van der Waals surface area contributed by atoms with E-state index in [2.05, 4.69) is 43.7 Å². The van der Waals surface area contributed by atoms with E-state index in [1.165, 1.54) is 38.5 Å². The molecule has 4 aliphatic carbocycles. The van der Waals surface area contributed by atoms with E-state index >= 15 is 0 Å². The highest BCUT2D eigenvalue weighted by atomic mass is 16.7. The first-order valence-electron chi connectivity index (χ1n) is 11.5. The Bertz CT molecular complexity index is 684. The predicted octanol–water partition coefficient (Wildman–Crippen LogP) is 5.51. The Balaban J connectivity index is 1.46. The number of fused-ring (bicyclic) bond motifs is 5. The van der Waals surface area contributed by atoms with Crippen LogP contribution in [0.15, 0.2) is 23.3 Å². The van der Waals surface area contributed by atoms with Gasteiger partial charge in [0.15, 0.2) is 0 Å². The van der Waals surface area contributed by atoms with Crippen LogP contribution >= 0.6 is 0 Å². The molecule has 156 valence electrons. The van der Waals surface area contributed by atoms with Crippen LogP contribution < -0.4 is 10.8 Å². The topological polar surface area (TPSA) is 50.4 Å². The van der Waals surface area contributed by atoms with Gasteiger partial charge in [0, 0.05) is 6.54 Å². The van der Waals surface area contributed by atoms with Crippen LogP contribution in [0, 0.1) is 28.6 Å². The first-order valence-corrected chi connectivity index (χ1v) is 11.5. The van der Waals surface area contributed by atoms with Crippen molar-refractivity contribution in [2.45, 2.75) is 85.2 Å². The Morgan fingerprint density at radius 2 is 1.89 bits per heavy atom. The van der Waals surface area contributed by atoms with Crippen LogP contribution in [0.2, 0.25) is 0 Å². The number of hydroxylamine groups is 1. The highest BCUT2D eigenvalue weighted by molar-refractivity contribution is 5.72. The van der Waals surface area contributed by atoms with Crippen LogP contribution in [0.5, 0.6) is 0 Å². The van der Waals surface area contributed by atoms with Crippen molar-refractivity contribution in [3.8, 4) is 0 Å². The summed E-state index contributed by atoms with van der Waals surface area (Å²) in [6.45, 7) is 9.93. The number of amides is 2. The van der Waals surface area contributed by atoms with Gasteiger partial charge < -0.3 is 5.32 Å². The second kappa shape index (κ2) is 7.51. The van der Waals surface area contributed by atoms with Crippen molar-refractivity contribution in [2.75, 3.05) is 6.54 Å². The molecule has 0 saturated heterocycles. The van der Waals surface area contributed by atoms with Gasteiger partial charge in [0.05, 0.1) is 6.10 Å². The summed E-state index contributed by atoms with van der Waals surface area (Å²) in [6.07, 6.45) is 14.9. The van der Waals surface area contributed by atoms with Crippen LogP contribution in [0.25, 0.3) is 0 Å². The van der Waals surface area contributed by atoms with Crippen LogP contribution in [-0.2, 0) is 4.84 Å². The van der Waals surface area contributed by atoms with Crippen molar-refractivity contribution in [2.24, 2.45) is 28.6 Å². The van der Waals surface area contributed by atoms with Gasteiger partial charge in [-0.05, 0) is 86.9 Å². The van der Waals surface area contributed by atoms with Crippen molar-refractivity contribution in [3.05, 3.63) is 23.3 Å². The number of hydrogen-bond donors (Lipinski definition) is 2. The Morgan fingerprint density at radius 3 is 2.64 bits per heavy atom. The number of carbonyl (C=O) groups is 1. The monoisotopic (exact) mass is 386 g/mol. The molecule has 0 aromatic rings. The fourth-order valence-electron chi connectivity index (χ4n) is 7.27. The standard InChI is InChI=1S/C24H38N2O2/c1-5-16-8-10-20-19-9-7-17-15-18(28-26-22(27)25-6-2)11-13-24(17,4)21(19)12-14-23(16,20)3/h7-8,18-21H,5-6,9-15H2,1-4H3,(H2,25,26,27). The van der Waals surface area contributed by atoms with Gasteiger partial charge in [0.25, 0.3) is 0 Å². The van der Waals surface area contributed by atoms with Crippen molar-refractivity contribution in [3.63, 3.8) is 0 Å². The molecule has 0 aromatic carbocycles. The zero-order chi connectivity index (χ0) is 19.9. The van der Waals surface area contributed by atoms with Gasteiger partial charge in [-0.3, -0.25) is 4.84 Å². The van der Waals surface area contributed by atoms with Crippen molar-refractivity contribution < 1.29 is 9.63 Å². The summed E-state index contributed by atoms with van der Waals surface area (Å²) in [4.78, 5) is 17.4. The third kappa shape index (κ3) is 3.12. The molecule has 4 aliphatic rings. The largest absolute Gasteiger partial charge is 0.338 e. The summed E-state index contributed by atoms with van der Waals surface area (Å²) in [7, 11) is 0. The van der Waals surface area contributed by atoms with Crippen molar-refractivity contribution in [1.82, 2.24) is 10.8 Å². The minimum absolute atomic E-state index is 0.104. The first-order chi connectivity index (χ1) is 13.4. The number of nitrogens with one attached hydrogen (secondary N) is 2. The fraction of sp³-hybridized carbons (Fsp3) is 0.792. The Labute approximate surface area is 170 Å². The van der Waals surface area contributed by atoms with E-state index in [1.54, 1.807) is 11.1 Å². The molecule has 0 heterocycles. The molecule has 2 fully saturated rings. The van der Waals surface area contributed by atoms with Gasteiger partial charge in [-0.25, -0.2) is 10.3 Å². The average Bonchev–Trinajstić information content (AvgIpc) is 3.03. The lowest BCUT2D eigenvalue weighted by Crippen LogP contribution is -2.50. The summed E-state index contributed by atoms with van der Waals surface area (Å²) in [6, 6.07) is -0.236. The second-order valence-electron chi connectivity index (χ2n) is 9.98. The molecule has 0 spiro atoms. The third-order valence-corrected chi connectivity index (χ3v) is 8.84. The maximum atomic E-state index is 11.6. The normalized spacial score (nSPS) is 41.9. The summed E-state index contributed by atoms with van der Waals surface area (Å²) in [5.74, 6) is 2.48. The van der Waals surface area contributed by atoms with Crippen LogP contribution in [0.4, 0.5) is 4.79 Å². The number of rotatable bonds is 4. The van der Waals surface area contributed by atoms with Gasteiger partial charge in [0.1, 0.15) is 0 Å². The highest BCUT2D eigenvalue weighted by Crippen LogP contribution is 2.65. The Hall–Kier alpha value is -1.29. The molecule has 0 aliphatic heterocycles. The maximum Gasteiger partial charge on any atom is 0.338 e. The summed E-state index contributed by atoms with van der Waals surface area (Å²) >= 11 is 0. The van der Waals surface area contributed by atoms with Crippen LogP contribution in [-0.4, -0.2) is 18.7 Å². The zero-order valence-corrected chi connectivity index (χ0v) is 18.1. The number of allylic oxidation sites excluding steroid dienone is 3. The van der Waals surface area contributed by atoms with E-state index < -0.39 is 0 Å². The molecule has 6 atom stereocenters. The lowest BCUT2D eigenvalue weighted by molar-refractivity contribution is -0.0597. The molecule has 2 saturated carbocycles. The van der Waals surface area contributed by atoms with E-state index in [0.29, 0.717) is 17.4 Å². The van der Waals surface area contributed by atoms with E-state index in [4.69, 9.17) is 4.84 Å². The van der Waals surface area contributed by atoms with Crippen molar-refractivity contribution in [1.29, 1.82) is 0 Å². The third-order valence-electron chi connectivity index (χ3n) is 8.84. The SMILES string of the molecule is CCNC(=O)NOC1CCC2(C)C(=CCC3C4CC=C(CC)C4(C)CCC32)C1. The van der Waals surface area contributed by atoms with Gasteiger partial charge in [0.2, 0.25) is 0 Å². The summed E-state index contributed by atoms with van der Waals surface area (Å²) in [5, 5.41) is 2.72. The molecule has 2 N–H and O–H groups in total. The van der Waals surface area contributed by atoms with Gasteiger partial charge >= 0.3 is 6.03 Å². The quantitative estimate of drug-likeness (QED) is 0.494. The fourth-order valence-corrected chi connectivity index (χ4v) is 7.27. The Morgan fingerprint density at radius 1 is 1.11 bits per heavy atom. The van der Waals surface area contributed by atoms with E-state index in [9.17, 15) is 4.79 Å². The lowest BCUT2D eigenvalue weighted by Gasteiger charge is -2.58. The highest BCUT2D eigenvalue weighted by Gasteiger charge is 2.56. The maximum absolute atomic E-state index is 11.6. The molecule has 4 rings (SSSR count). The minimum Gasteiger partial charge on any atom is -0.337 e. The molecule has 6 unspecified atom stereocenters. The van der Waals surface area contributed by atoms with E-state index in [0.717, 1.165) is 30.6 Å². The molecular weight excluding hydrogens is 348 g/mol. The molecule has 0 bridgehead atoms. The van der Waals surface area contributed by atoms with Gasteiger partial charge in [-0.1, -0.05) is 44.1 Å². The van der Waals surface area contributed by atoms with Crippen LogP contribution in [0.3, 0.4) is 0 Å². The zero-order valence-electron chi connectivity index (χ0n) is 18.1. The number of urea groups is 1. The molecule has 0 aromatic heterocycles. The smallest absolute Gasteiger partial charge is 0.337 e. The first kappa shape index (κ1) is 20.0. The molecule has 4 heteroatoms. The summed E-state index contributed by atoms with van der Waals surface area (Å²) < 4.78 is 0. The van der Waals surface area contributed by atoms with Gasteiger partial charge in [-0.2, -0.15) is 0 Å². The van der Waals surface area contributed by atoms with Crippen molar-refractivity contribution >= 4 is 6.03 Å². The number of carbonyl (C=O) groups excluding carboxylic acids is 1. The predicted molar refractivity (Wildman–Crippen MR) is 113 cm³/mol. The Kier molecular flexibility index (Phi) is 5.37. The molecule has 0 radical (unpaired) electrons. The lowest BCUT2D eigenvalue weighted by atomic mass is 9.47. The van der Waals surface area contributed by atoms with Crippen LogP contribution in [0.1, 0.15) is 79.1 Å². The van der Waals surface area contributed by atoms with Gasteiger partial charge in [-0.15, -0.1) is 0 Å². The molecule has 4 nitrogen and oxygen atoms in total. The average molecular weight is 387 g/mol. The second-order valence-corrected chi connectivity index (χ2v) is 9.98. The van der Waals surface area contributed by atoms with E-state index in [-0.39, 0.29) is 12.1 Å². The van der Waals surface area contributed by atoms with E-state index in [1.807, 2.05) is 6.92 Å². The molecule has 2 amide bonds. The molecular formula is C24H38N2O2. The molecule has 28 heavy (non-hydrogen) atoms. The number of hydrogen-bond acceptors (Lipinski definition) is 2.